The summed E-state index contributed by atoms with van der Waals surface area (Å²) in [7, 11) is 0. The van der Waals surface area contributed by atoms with Gasteiger partial charge in [0.2, 0.25) is 5.91 Å². The van der Waals surface area contributed by atoms with Crippen molar-refractivity contribution in [2.75, 3.05) is 24.5 Å². The second-order valence-corrected chi connectivity index (χ2v) is 5.76. The number of amides is 1. The smallest absolute Gasteiger partial charge is 0.223 e. The third kappa shape index (κ3) is 3.89. The molecule has 1 aromatic carbocycles. The highest BCUT2D eigenvalue weighted by Crippen LogP contribution is 2.28. The molecule has 2 rings (SSSR count). The summed E-state index contributed by atoms with van der Waals surface area (Å²) >= 11 is 5.93. The first-order chi connectivity index (χ1) is 10.2. The van der Waals surface area contributed by atoms with Crippen LogP contribution in [0.5, 0.6) is 0 Å². The molecule has 0 radical (unpaired) electrons. The van der Waals surface area contributed by atoms with Gasteiger partial charge in [0.05, 0.1) is 11.3 Å². The van der Waals surface area contributed by atoms with Crippen LogP contribution in [0.4, 0.5) is 5.69 Å². The molecule has 1 heterocycles. The van der Waals surface area contributed by atoms with Gasteiger partial charge in [-0.05, 0) is 37.5 Å². The van der Waals surface area contributed by atoms with E-state index in [0.29, 0.717) is 10.6 Å². The van der Waals surface area contributed by atoms with E-state index in [4.69, 9.17) is 11.6 Å². The van der Waals surface area contributed by atoms with Crippen molar-refractivity contribution in [1.82, 2.24) is 5.32 Å². The van der Waals surface area contributed by atoms with Crippen LogP contribution >= 0.6 is 11.6 Å². The van der Waals surface area contributed by atoms with Crippen LogP contribution in [0.1, 0.15) is 31.7 Å². The zero-order valence-corrected chi connectivity index (χ0v) is 13.0. The number of anilines is 1. The number of hydrogen-bond donors (Lipinski definition) is 1. The first-order valence-corrected chi connectivity index (χ1v) is 7.75. The number of carbonyl (C=O) groups excluding carboxylic acids is 1. The summed E-state index contributed by atoms with van der Waals surface area (Å²) in [6.45, 7) is 4.38. The van der Waals surface area contributed by atoms with E-state index in [9.17, 15) is 10.1 Å². The average Bonchev–Trinajstić information content (AvgIpc) is 2.52. The maximum absolute atomic E-state index is 12.0. The Morgan fingerprint density at radius 1 is 1.48 bits per heavy atom. The van der Waals surface area contributed by atoms with Gasteiger partial charge in [-0.1, -0.05) is 18.5 Å². The lowest BCUT2D eigenvalue weighted by atomic mass is 9.95. The van der Waals surface area contributed by atoms with Gasteiger partial charge in [0.15, 0.2) is 0 Å². The first-order valence-electron chi connectivity index (χ1n) is 7.38. The molecule has 5 heteroatoms. The van der Waals surface area contributed by atoms with Crippen molar-refractivity contribution in [2.45, 2.75) is 26.2 Å². The molecule has 0 atom stereocenters. The van der Waals surface area contributed by atoms with E-state index in [-0.39, 0.29) is 11.8 Å². The SMILES string of the molecule is CCCNC(=O)C1CCN(c2ccc(Cl)cc2C#N)CC1. The number of piperidine rings is 1. The van der Waals surface area contributed by atoms with E-state index in [1.165, 1.54) is 0 Å². The molecule has 1 aliphatic rings. The first kappa shape index (κ1) is 15.7. The number of nitrogens with one attached hydrogen (secondary N) is 1. The summed E-state index contributed by atoms with van der Waals surface area (Å²) in [5, 5.41) is 12.7. The van der Waals surface area contributed by atoms with Crippen molar-refractivity contribution in [3.8, 4) is 6.07 Å². The third-order valence-corrected chi connectivity index (χ3v) is 4.07. The summed E-state index contributed by atoms with van der Waals surface area (Å²) in [6, 6.07) is 7.57. The summed E-state index contributed by atoms with van der Waals surface area (Å²) < 4.78 is 0. The minimum Gasteiger partial charge on any atom is -0.370 e. The molecule has 0 bridgehead atoms. The van der Waals surface area contributed by atoms with Gasteiger partial charge in [0.1, 0.15) is 6.07 Å². The minimum absolute atomic E-state index is 0.0886. The Labute approximate surface area is 130 Å². The van der Waals surface area contributed by atoms with Crippen molar-refractivity contribution < 1.29 is 4.79 Å². The molecular formula is C16H20ClN3O. The van der Waals surface area contributed by atoms with Crippen LogP contribution in [0.3, 0.4) is 0 Å². The van der Waals surface area contributed by atoms with Gasteiger partial charge in [0, 0.05) is 30.6 Å². The van der Waals surface area contributed by atoms with Crippen LogP contribution in [0.25, 0.3) is 0 Å². The maximum atomic E-state index is 12.0. The Balaban J connectivity index is 1.98. The fraction of sp³-hybridized carbons (Fsp3) is 0.500. The van der Waals surface area contributed by atoms with Gasteiger partial charge in [0.25, 0.3) is 0 Å². The number of nitriles is 1. The van der Waals surface area contributed by atoms with Crippen LogP contribution in [-0.2, 0) is 4.79 Å². The Kier molecular flexibility index (Phi) is 5.46. The molecule has 1 aromatic rings. The van der Waals surface area contributed by atoms with E-state index in [1.807, 2.05) is 13.0 Å². The lowest BCUT2D eigenvalue weighted by Gasteiger charge is -2.33. The summed E-state index contributed by atoms with van der Waals surface area (Å²) in [6.07, 6.45) is 2.60. The van der Waals surface area contributed by atoms with Crippen LogP contribution in [-0.4, -0.2) is 25.5 Å². The fourth-order valence-electron chi connectivity index (χ4n) is 2.65. The highest BCUT2D eigenvalue weighted by atomic mass is 35.5. The molecule has 1 saturated heterocycles. The molecule has 0 aliphatic carbocycles. The fourth-order valence-corrected chi connectivity index (χ4v) is 2.82. The second-order valence-electron chi connectivity index (χ2n) is 5.33. The van der Waals surface area contributed by atoms with Crippen molar-refractivity contribution in [1.29, 1.82) is 5.26 Å². The second kappa shape index (κ2) is 7.33. The summed E-state index contributed by atoms with van der Waals surface area (Å²) in [5.74, 6) is 0.249. The van der Waals surface area contributed by atoms with Crippen LogP contribution in [0, 0.1) is 17.2 Å². The number of nitrogens with zero attached hydrogens (tertiary/aromatic N) is 2. The molecule has 112 valence electrons. The monoisotopic (exact) mass is 305 g/mol. The zero-order valence-electron chi connectivity index (χ0n) is 12.2. The highest BCUT2D eigenvalue weighted by Gasteiger charge is 2.25. The van der Waals surface area contributed by atoms with Crippen molar-refractivity contribution in [2.24, 2.45) is 5.92 Å². The quantitative estimate of drug-likeness (QED) is 0.930. The highest BCUT2D eigenvalue weighted by molar-refractivity contribution is 6.30. The van der Waals surface area contributed by atoms with Gasteiger partial charge in [-0.3, -0.25) is 4.79 Å². The lowest BCUT2D eigenvalue weighted by Crippen LogP contribution is -2.41. The molecule has 1 N–H and O–H groups in total. The molecule has 1 fully saturated rings. The third-order valence-electron chi connectivity index (χ3n) is 3.83. The molecule has 1 amide bonds. The number of halogens is 1. The predicted octanol–water partition coefficient (Wildman–Crippen LogP) is 2.95. The van der Waals surface area contributed by atoms with Crippen LogP contribution in [0.15, 0.2) is 18.2 Å². The van der Waals surface area contributed by atoms with E-state index in [0.717, 1.165) is 44.6 Å². The number of rotatable bonds is 4. The normalized spacial score (nSPS) is 15.6. The topological polar surface area (TPSA) is 56.1 Å². The van der Waals surface area contributed by atoms with Crippen LogP contribution < -0.4 is 10.2 Å². The van der Waals surface area contributed by atoms with Crippen LogP contribution in [0.2, 0.25) is 5.02 Å². The van der Waals surface area contributed by atoms with Gasteiger partial charge in [-0.2, -0.15) is 5.26 Å². The molecule has 0 saturated carbocycles. The Hall–Kier alpha value is -1.73. The number of benzene rings is 1. The average molecular weight is 306 g/mol. The molecule has 1 aliphatic heterocycles. The standard InChI is InChI=1S/C16H20ClN3O/c1-2-7-19-16(21)12-5-8-20(9-6-12)15-4-3-14(17)10-13(15)11-18/h3-4,10,12H,2,5-9H2,1H3,(H,19,21). The van der Waals surface area contributed by atoms with Gasteiger partial charge < -0.3 is 10.2 Å². The van der Waals surface area contributed by atoms with E-state index in [2.05, 4.69) is 16.3 Å². The van der Waals surface area contributed by atoms with Gasteiger partial charge >= 0.3 is 0 Å². The lowest BCUT2D eigenvalue weighted by molar-refractivity contribution is -0.125. The zero-order chi connectivity index (χ0) is 15.2. The summed E-state index contributed by atoms with van der Waals surface area (Å²) in [4.78, 5) is 14.1. The van der Waals surface area contributed by atoms with E-state index >= 15 is 0 Å². The Morgan fingerprint density at radius 3 is 2.81 bits per heavy atom. The van der Waals surface area contributed by atoms with Gasteiger partial charge in [-0.15, -0.1) is 0 Å². The number of carbonyl (C=O) groups is 1. The van der Waals surface area contributed by atoms with E-state index in [1.54, 1.807) is 12.1 Å². The number of hydrogen-bond acceptors (Lipinski definition) is 3. The van der Waals surface area contributed by atoms with E-state index < -0.39 is 0 Å². The largest absolute Gasteiger partial charge is 0.370 e. The molecule has 0 aromatic heterocycles. The molecular weight excluding hydrogens is 286 g/mol. The molecule has 0 spiro atoms. The minimum atomic E-state index is 0.0886. The maximum Gasteiger partial charge on any atom is 0.223 e. The Morgan fingerprint density at radius 2 is 2.19 bits per heavy atom. The van der Waals surface area contributed by atoms with Crippen molar-refractivity contribution >= 4 is 23.2 Å². The van der Waals surface area contributed by atoms with Crippen molar-refractivity contribution in [3.63, 3.8) is 0 Å². The van der Waals surface area contributed by atoms with Gasteiger partial charge in [-0.25, -0.2) is 0 Å². The van der Waals surface area contributed by atoms with Crippen molar-refractivity contribution in [3.05, 3.63) is 28.8 Å². The molecule has 21 heavy (non-hydrogen) atoms. The summed E-state index contributed by atoms with van der Waals surface area (Å²) in [5.41, 5.74) is 1.51. The molecule has 0 unspecified atom stereocenters. The molecule has 4 nitrogen and oxygen atoms in total. The Bertz CT molecular complexity index is 545. The predicted molar refractivity (Wildman–Crippen MR) is 84.4 cm³/mol.